The van der Waals surface area contributed by atoms with Crippen molar-refractivity contribution < 1.29 is 8.78 Å². The molecule has 0 heterocycles. The van der Waals surface area contributed by atoms with Crippen molar-refractivity contribution in [2.24, 2.45) is 0 Å². The Morgan fingerprint density at radius 1 is 1.07 bits per heavy atom. The van der Waals surface area contributed by atoms with Gasteiger partial charge in [0.1, 0.15) is 0 Å². The number of halogens is 2. The van der Waals surface area contributed by atoms with Gasteiger partial charge >= 0.3 is 0 Å². The van der Waals surface area contributed by atoms with Gasteiger partial charge in [-0.1, -0.05) is 6.07 Å². The summed E-state index contributed by atoms with van der Waals surface area (Å²) >= 11 is 0. The highest BCUT2D eigenvalue weighted by Gasteiger charge is 2.14. The minimum atomic E-state index is -0.990. The van der Waals surface area contributed by atoms with E-state index < -0.39 is 11.6 Å². The van der Waals surface area contributed by atoms with Gasteiger partial charge in [-0.3, -0.25) is 0 Å². The summed E-state index contributed by atoms with van der Waals surface area (Å²) in [6.07, 6.45) is -0.178. The lowest BCUT2D eigenvalue weighted by molar-refractivity contribution is 0.494. The van der Waals surface area contributed by atoms with Crippen LogP contribution in [0.3, 0.4) is 0 Å². The highest BCUT2D eigenvalue weighted by Crippen LogP contribution is 2.21. The largest absolute Gasteiger partial charge is 0.203 e. The van der Waals surface area contributed by atoms with Gasteiger partial charge in [-0.05, 0) is 18.1 Å². The van der Waals surface area contributed by atoms with Crippen molar-refractivity contribution in [2.75, 3.05) is 0 Å². The van der Waals surface area contributed by atoms with Crippen LogP contribution in [0.25, 0.3) is 0 Å². The lowest BCUT2D eigenvalue weighted by Gasteiger charge is -2.07. The third kappa shape index (κ3) is 2.11. The first kappa shape index (κ1) is 11.1. The third-order valence-electron chi connectivity index (χ3n) is 2.17. The Balaban J connectivity index is 3.34. The Labute approximate surface area is 86.4 Å². The predicted octanol–water partition coefficient (Wildman–Crippen LogP) is 2.41. The van der Waals surface area contributed by atoms with Gasteiger partial charge in [0, 0.05) is 5.56 Å². The van der Waals surface area contributed by atoms with Gasteiger partial charge in [0.2, 0.25) is 0 Å². The first-order chi connectivity index (χ1) is 7.11. The fraction of sp³-hybridized carbons (Fsp3) is 0.273. The molecule has 0 aliphatic carbocycles. The molecule has 4 heteroatoms. The maximum Gasteiger partial charge on any atom is 0.163 e. The van der Waals surface area contributed by atoms with E-state index in [0.29, 0.717) is 5.56 Å². The van der Waals surface area contributed by atoms with Crippen molar-refractivity contribution in [1.29, 1.82) is 10.5 Å². The average Bonchev–Trinajstić information content (AvgIpc) is 2.22. The lowest BCUT2D eigenvalue weighted by atomic mass is 10.00. The number of benzene rings is 1. The zero-order valence-electron chi connectivity index (χ0n) is 8.14. The summed E-state index contributed by atoms with van der Waals surface area (Å²) in [5.41, 5.74) is 0.572. The summed E-state index contributed by atoms with van der Waals surface area (Å²) in [5.74, 6) is -1.95. The van der Waals surface area contributed by atoms with Crippen LogP contribution in [0.15, 0.2) is 6.07 Å². The molecule has 0 aliphatic heterocycles. The highest BCUT2D eigenvalue weighted by atomic mass is 19.2. The summed E-state index contributed by atoms with van der Waals surface area (Å²) in [6.45, 7) is 1.42. The quantitative estimate of drug-likeness (QED) is 0.745. The Kier molecular flexibility index (Phi) is 3.36. The topological polar surface area (TPSA) is 47.6 Å². The van der Waals surface area contributed by atoms with Crippen molar-refractivity contribution in [2.45, 2.75) is 19.8 Å². The minimum absolute atomic E-state index is 0.00542. The van der Waals surface area contributed by atoms with E-state index in [2.05, 4.69) is 0 Å². The molecule has 0 atom stereocenters. The Morgan fingerprint density at radius 3 is 2.13 bits per heavy atom. The monoisotopic (exact) mass is 206 g/mol. The van der Waals surface area contributed by atoms with Crippen molar-refractivity contribution in [3.05, 3.63) is 34.4 Å². The van der Waals surface area contributed by atoms with Crippen molar-refractivity contribution in [1.82, 2.24) is 0 Å². The standard InChI is InChI=1S/C11H8F2N2/c1-7-8(2-4-14)6-9(3-5-15)11(13)10(7)12/h6H,2-3H2,1H3. The van der Waals surface area contributed by atoms with Crippen LogP contribution < -0.4 is 0 Å². The van der Waals surface area contributed by atoms with Gasteiger partial charge in [0.05, 0.1) is 25.0 Å². The maximum atomic E-state index is 13.3. The van der Waals surface area contributed by atoms with E-state index in [0.717, 1.165) is 0 Å². The molecule has 0 N–H and O–H groups in total. The molecule has 0 saturated carbocycles. The molecule has 15 heavy (non-hydrogen) atoms. The zero-order valence-corrected chi connectivity index (χ0v) is 8.14. The molecule has 0 fully saturated rings. The van der Waals surface area contributed by atoms with Gasteiger partial charge in [-0.2, -0.15) is 10.5 Å². The van der Waals surface area contributed by atoms with Crippen LogP contribution in [-0.4, -0.2) is 0 Å². The number of nitriles is 2. The molecule has 0 radical (unpaired) electrons. The molecule has 0 unspecified atom stereocenters. The molecule has 1 rings (SSSR count). The van der Waals surface area contributed by atoms with Crippen molar-refractivity contribution in [3.63, 3.8) is 0 Å². The second kappa shape index (κ2) is 4.52. The normalized spacial score (nSPS) is 9.40. The fourth-order valence-corrected chi connectivity index (χ4v) is 1.31. The van der Waals surface area contributed by atoms with E-state index >= 15 is 0 Å². The molecule has 1 aromatic carbocycles. The average molecular weight is 206 g/mol. The van der Waals surface area contributed by atoms with Crippen molar-refractivity contribution in [3.8, 4) is 12.1 Å². The SMILES string of the molecule is Cc1c(CC#N)cc(CC#N)c(F)c1F. The van der Waals surface area contributed by atoms with Gasteiger partial charge in [-0.25, -0.2) is 8.78 Å². The first-order valence-corrected chi connectivity index (χ1v) is 4.32. The molecule has 1 aromatic rings. The predicted molar refractivity (Wildman–Crippen MR) is 49.7 cm³/mol. The van der Waals surface area contributed by atoms with Crippen LogP contribution in [0, 0.1) is 41.2 Å². The second-order valence-corrected chi connectivity index (χ2v) is 3.12. The Morgan fingerprint density at radius 2 is 1.60 bits per heavy atom. The zero-order chi connectivity index (χ0) is 11.4. The molecule has 2 nitrogen and oxygen atoms in total. The smallest absolute Gasteiger partial charge is 0.163 e. The Bertz CT molecular complexity index is 427. The summed E-state index contributed by atoms with van der Waals surface area (Å²) in [4.78, 5) is 0. The van der Waals surface area contributed by atoms with Crippen LogP contribution in [0.5, 0.6) is 0 Å². The van der Waals surface area contributed by atoms with E-state index in [9.17, 15) is 8.78 Å². The summed E-state index contributed by atoms with van der Waals surface area (Å²) in [7, 11) is 0. The molecule has 76 valence electrons. The van der Waals surface area contributed by atoms with Crippen LogP contribution >= 0.6 is 0 Å². The first-order valence-electron chi connectivity index (χ1n) is 4.32. The molecule has 0 amide bonds. The number of nitrogens with zero attached hydrogens (tertiary/aromatic N) is 2. The van der Waals surface area contributed by atoms with Crippen LogP contribution in [0.4, 0.5) is 8.78 Å². The molecule has 0 aromatic heterocycles. The third-order valence-corrected chi connectivity index (χ3v) is 2.17. The number of hydrogen-bond donors (Lipinski definition) is 0. The Hall–Kier alpha value is -1.94. The molecular formula is C11H8F2N2. The number of rotatable bonds is 2. The number of hydrogen-bond acceptors (Lipinski definition) is 2. The second-order valence-electron chi connectivity index (χ2n) is 3.12. The van der Waals surface area contributed by atoms with E-state index in [-0.39, 0.29) is 24.0 Å². The van der Waals surface area contributed by atoms with Crippen LogP contribution in [-0.2, 0) is 12.8 Å². The minimum Gasteiger partial charge on any atom is -0.203 e. The molecule has 0 spiro atoms. The van der Waals surface area contributed by atoms with E-state index in [1.807, 2.05) is 6.07 Å². The van der Waals surface area contributed by atoms with Crippen molar-refractivity contribution >= 4 is 0 Å². The highest BCUT2D eigenvalue weighted by molar-refractivity contribution is 5.36. The lowest BCUT2D eigenvalue weighted by Crippen LogP contribution is -2.01. The van der Waals surface area contributed by atoms with E-state index in [1.165, 1.54) is 13.0 Å². The van der Waals surface area contributed by atoms with Gasteiger partial charge in [-0.15, -0.1) is 0 Å². The summed E-state index contributed by atoms with van der Waals surface area (Å²) in [6, 6.07) is 5.00. The summed E-state index contributed by atoms with van der Waals surface area (Å²) < 4.78 is 26.6. The molecular weight excluding hydrogens is 198 g/mol. The molecule has 0 saturated heterocycles. The fourth-order valence-electron chi connectivity index (χ4n) is 1.31. The van der Waals surface area contributed by atoms with E-state index in [4.69, 9.17) is 10.5 Å². The van der Waals surface area contributed by atoms with Gasteiger partial charge < -0.3 is 0 Å². The summed E-state index contributed by atoms with van der Waals surface area (Å²) in [5, 5.41) is 16.9. The molecule has 0 aliphatic rings. The molecule has 0 bridgehead atoms. The van der Waals surface area contributed by atoms with Gasteiger partial charge in [0.25, 0.3) is 0 Å². The van der Waals surface area contributed by atoms with Crippen LogP contribution in [0.2, 0.25) is 0 Å². The van der Waals surface area contributed by atoms with E-state index in [1.54, 1.807) is 6.07 Å². The van der Waals surface area contributed by atoms with Gasteiger partial charge in [0.15, 0.2) is 11.6 Å². The maximum absolute atomic E-state index is 13.3. The van der Waals surface area contributed by atoms with Crippen LogP contribution in [0.1, 0.15) is 16.7 Å².